The molecule has 0 spiro atoms. The van der Waals surface area contributed by atoms with Crippen molar-refractivity contribution in [3.05, 3.63) is 41.5 Å². The molecular formula is C14H16N2O2. The second-order valence-corrected chi connectivity index (χ2v) is 4.36. The lowest BCUT2D eigenvalue weighted by Crippen LogP contribution is -2.49. The average Bonchev–Trinajstić information content (AvgIpc) is 2.36. The number of benzene rings is 1. The molecule has 1 N–H and O–H groups in total. The van der Waals surface area contributed by atoms with E-state index < -0.39 is 0 Å². The summed E-state index contributed by atoms with van der Waals surface area (Å²) in [6, 6.07) is 7.91. The van der Waals surface area contributed by atoms with Crippen LogP contribution in [0.3, 0.4) is 0 Å². The quantitative estimate of drug-likeness (QED) is 0.788. The van der Waals surface area contributed by atoms with E-state index >= 15 is 0 Å². The lowest BCUT2D eigenvalue weighted by atomic mass is 10.1. The third-order valence-corrected chi connectivity index (χ3v) is 2.81. The zero-order chi connectivity index (χ0) is 13.0. The summed E-state index contributed by atoms with van der Waals surface area (Å²) in [7, 11) is 0. The normalized spacial score (nSPS) is 15.8. The molecule has 4 nitrogen and oxygen atoms in total. The van der Waals surface area contributed by atoms with Gasteiger partial charge in [-0.15, -0.1) is 0 Å². The summed E-state index contributed by atoms with van der Waals surface area (Å²) in [6.07, 6.45) is 3.30. The number of carbonyl (C=O) groups excluding carboxylic acids is 2. The van der Waals surface area contributed by atoms with Crippen LogP contribution in [-0.2, 0) is 9.59 Å². The van der Waals surface area contributed by atoms with E-state index in [0.717, 1.165) is 11.1 Å². The van der Waals surface area contributed by atoms with E-state index in [4.69, 9.17) is 0 Å². The first kappa shape index (κ1) is 12.4. The molecule has 1 heterocycles. The molecule has 1 fully saturated rings. The van der Waals surface area contributed by atoms with Gasteiger partial charge >= 0.3 is 0 Å². The summed E-state index contributed by atoms with van der Waals surface area (Å²) in [5.74, 6) is -0.218. The lowest BCUT2D eigenvalue weighted by Gasteiger charge is -2.25. The Morgan fingerprint density at radius 1 is 1.44 bits per heavy atom. The molecule has 1 saturated heterocycles. The molecule has 0 aliphatic carbocycles. The SMILES string of the molecule is Cc1cccc(/C=C/C(=O)N2CCNC(=O)C2)c1. The van der Waals surface area contributed by atoms with Gasteiger partial charge in [-0.3, -0.25) is 9.59 Å². The van der Waals surface area contributed by atoms with Crippen LogP contribution in [0.25, 0.3) is 6.08 Å². The molecule has 0 aromatic heterocycles. The van der Waals surface area contributed by atoms with Crippen LogP contribution in [0.5, 0.6) is 0 Å². The number of hydrogen-bond acceptors (Lipinski definition) is 2. The van der Waals surface area contributed by atoms with Crippen molar-refractivity contribution in [3.63, 3.8) is 0 Å². The Labute approximate surface area is 106 Å². The molecule has 4 heteroatoms. The van der Waals surface area contributed by atoms with Crippen LogP contribution in [0.15, 0.2) is 30.3 Å². The van der Waals surface area contributed by atoms with E-state index in [1.54, 1.807) is 11.0 Å². The molecule has 1 aromatic rings. The third-order valence-electron chi connectivity index (χ3n) is 2.81. The van der Waals surface area contributed by atoms with Crippen LogP contribution in [-0.4, -0.2) is 36.3 Å². The van der Waals surface area contributed by atoms with E-state index in [9.17, 15) is 9.59 Å². The first-order valence-corrected chi connectivity index (χ1v) is 5.95. The Balaban J connectivity index is 2.00. The molecule has 0 radical (unpaired) electrons. The van der Waals surface area contributed by atoms with Gasteiger partial charge in [0.05, 0.1) is 6.54 Å². The molecule has 1 aliphatic heterocycles. The van der Waals surface area contributed by atoms with Crippen LogP contribution in [0.2, 0.25) is 0 Å². The summed E-state index contributed by atoms with van der Waals surface area (Å²) in [5, 5.41) is 2.69. The van der Waals surface area contributed by atoms with Gasteiger partial charge in [0.2, 0.25) is 11.8 Å². The molecule has 1 aromatic carbocycles. The molecule has 0 saturated carbocycles. The molecule has 18 heavy (non-hydrogen) atoms. The maximum Gasteiger partial charge on any atom is 0.247 e. The monoisotopic (exact) mass is 244 g/mol. The number of amides is 2. The maximum absolute atomic E-state index is 11.9. The number of aryl methyl sites for hydroxylation is 1. The number of nitrogens with one attached hydrogen (secondary N) is 1. The van der Waals surface area contributed by atoms with Crippen molar-refractivity contribution in [2.45, 2.75) is 6.92 Å². The Hall–Kier alpha value is -2.10. The lowest BCUT2D eigenvalue weighted by molar-refractivity contribution is -0.134. The second kappa shape index (κ2) is 5.49. The van der Waals surface area contributed by atoms with Crippen molar-refractivity contribution in [1.29, 1.82) is 0 Å². The van der Waals surface area contributed by atoms with E-state index in [1.807, 2.05) is 31.2 Å². The molecule has 1 aliphatic rings. The maximum atomic E-state index is 11.9. The minimum Gasteiger partial charge on any atom is -0.353 e. The standard InChI is InChI=1S/C14H16N2O2/c1-11-3-2-4-12(9-11)5-6-14(18)16-8-7-15-13(17)10-16/h2-6,9H,7-8,10H2,1H3,(H,15,17)/b6-5+. The van der Waals surface area contributed by atoms with Gasteiger partial charge in [0, 0.05) is 19.2 Å². The predicted molar refractivity (Wildman–Crippen MR) is 69.8 cm³/mol. The Kier molecular flexibility index (Phi) is 3.77. The van der Waals surface area contributed by atoms with Crippen LogP contribution < -0.4 is 5.32 Å². The van der Waals surface area contributed by atoms with Gasteiger partial charge in [0.15, 0.2) is 0 Å². The highest BCUT2D eigenvalue weighted by molar-refractivity contribution is 5.94. The summed E-state index contributed by atoms with van der Waals surface area (Å²) in [6.45, 7) is 3.26. The molecule has 0 unspecified atom stereocenters. The second-order valence-electron chi connectivity index (χ2n) is 4.36. The van der Waals surface area contributed by atoms with Gasteiger partial charge in [0.25, 0.3) is 0 Å². The van der Waals surface area contributed by atoms with Crippen molar-refractivity contribution < 1.29 is 9.59 Å². The van der Waals surface area contributed by atoms with Gasteiger partial charge in [-0.1, -0.05) is 29.8 Å². The molecule has 0 atom stereocenters. The third kappa shape index (κ3) is 3.20. The van der Waals surface area contributed by atoms with Gasteiger partial charge in [0.1, 0.15) is 0 Å². The van der Waals surface area contributed by atoms with E-state index in [2.05, 4.69) is 5.32 Å². The summed E-state index contributed by atoms with van der Waals surface area (Å²) in [4.78, 5) is 24.6. The molecule has 2 amide bonds. The Morgan fingerprint density at radius 3 is 3.00 bits per heavy atom. The zero-order valence-electron chi connectivity index (χ0n) is 10.3. The minimum atomic E-state index is -0.119. The van der Waals surface area contributed by atoms with Crippen LogP contribution >= 0.6 is 0 Å². The molecular weight excluding hydrogens is 228 g/mol. The number of hydrogen-bond donors (Lipinski definition) is 1. The molecule has 0 bridgehead atoms. The van der Waals surface area contributed by atoms with Gasteiger partial charge in [-0.05, 0) is 18.6 Å². The van der Waals surface area contributed by atoms with E-state index in [-0.39, 0.29) is 18.4 Å². The van der Waals surface area contributed by atoms with Crippen molar-refractivity contribution in [1.82, 2.24) is 10.2 Å². The van der Waals surface area contributed by atoms with Crippen molar-refractivity contribution in [3.8, 4) is 0 Å². The van der Waals surface area contributed by atoms with E-state index in [0.29, 0.717) is 13.1 Å². The minimum absolute atomic E-state index is 0.0986. The predicted octanol–water partition coefficient (Wildman–Crippen LogP) is 0.967. The summed E-state index contributed by atoms with van der Waals surface area (Å²) in [5.41, 5.74) is 2.15. The van der Waals surface area contributed by atoms with Gasteiger partial charge in [-0.2, -0.15) is 0 Å². The first-order valence-electron chi connectivity index (χ1n) is 5.95. The highest BCUT2D eigenvalue weighted by atomic mass is 16.2. The average molecular weight is 244 g/mol. The highest BCUT2D eigenvalue weighted by Gasteiger charge is 2.18. The highest BCUT2D eigenvalue weighted by Crippen LogP contribution is 2.06. The van der Waals surface area contributed by atoms with Crippen LogP contribution in [0.4, 0.5) is 0 Å². The fourth-order valence-electron chi connectivity index (χ4n) is 1.87. The molecule has 94 valence electrons. The fraction of sp³-hybridized carbons (Fsp3) is 0.286. The van der Waals surface area contributed by atoms with Gasteiger partial charge in [-0.25, -0.2) is 0 Å². The largest absolute Gasteiger partial charge is 0.353 e. The van der Waals surface area contributed by atoms with Gasteiger partial charge < -0.3 is 10.2 Å². The van der Waals surface area contributed by atoms with Crippen LogP contribution in [0.1, 0.15) is 11.1 Å². The first-order chi connectivity index (χ1) is 8.65. The molecule has 2 rings (SSSR count). The zero-order valence-corrected chi connectivity index (χ0v) is 10.3. The Bertz CT molecular complexity index is 494. The van der Waals surface area contributed by atoms with Crippen molar-refractivity contribution >= 4 is 17.9 Å². The number of carbonyl (C=O) groups is 2. The number of piperazine rings is 1. The summed E-state index contributed by atoms with van der Waals surface area (Å²) >= 11 is 0. The topological polar surface area (TPSA) is 49.4 Å². The van der Waals surface area contributed by atoms with Crippen molar-refractivity contribution in [2.24, 2.45) is 0 Å². The smallest absolute Gasteiger partial charge is 0.247 e. The van der Waals surface area contributed by atoms with Crippen molar-refractivity contribution in [2.75, 3.05) is 19.6 Å². The van der Waals surface area contributed by atoms with Crippen LogP contribution in [0, 0.1) is 6.92 Å². The fourth-order valence-corrected chi connectivity index (χ4v) is 1.87. The van der Waals surface area contributed by atoms with E-state index in [1.165, 1.54) is 6.08 Å². The number of rotatable bonds is 2. The Morgan fingerprint density at radius 2 is 2.28 bits per heavy atom. The summed E-state index contributed by atoms with van der Waals surface area (Å²) < 4.78 is 0. The number of nitrogens with zero attached hydrogens (tertiary/aromatic N) is 1.